The number of hydrogen-bond donors (Lipinski definition) is 1. The molecule has 0 aliphatic heterocycles. The van der Waals surface area contributed by atoms with Crippen LogP contribution in [-0.2, 0) is 6.42 Å². The van der Waals surface area contributed by atoms with Crippen molar-refractivity contribution in [2.75, 3.05) is 0 Å². The SMILES string of the molecule is CC(NC(=O)c1c2c(nc3ccccc13)/C(=C/c1cccc(Oc3ccccc3)c1)CC2)c1noc(-c2ccc(Cl)cc2)n1. The fraction of sp³-hybridized carbons (Fsp3) is 0.111. The second kappa shape index (κ2) is 11.8. The van der Waals surface area contributed by atoms with E-state index >= 15 is 0 Å². The van der Waals surface area contributed by atoms with Crippen molar-refractivity contribution in [1.29, 1.82) is 0 Å². The van der Waals surface area contributed by atoms with E-state index in [0.717, 1.165) is 56.8 Å². The molecule has 0 radical (unpaired) electrons. The van der Waals surface area contributed by atoms with E-state index in [1.54, 1.807) is 12.1 Å². The molecule has 6 aromatic rings. The highest BCUT2D eigenvalue weighted by molar-refractivity contribution is 6.30. The van der Waals surface area contributed by atoms with Crippen molar-refractivity contribution in [2.24, 2.45) is 0 Å². The zero-order chi connectivity index (χ0) is 30.0. The molecule has 1 aliphatic rings. The Bertz CT molecular complexity index is 2020. The van der Waals surface area contributed by atoms with Crippen molar-refractivity contribution in [3.8, 4) is 23.0 Å². The van der Waals surface area contributed by atoms with Gasteiger partial charge in [0.25, 0.3) is 11.8 Å². The Labute approximate surface area is 259 Å². The Hall–Kier alpha value is -5.27. The molecule has 7 rings (SSSR count). The monoisotopic (exact) mass is 598 g/mol. The number of fused-ring (bicyclic) bond motifs is 2. The fourth-order valence-corrected chi connectivity index (χ4v) is 5.61. The summed E-state index contributed by atoms with van der Waals surface area (Å²) in [5.74, 6) is 2.08. The molecule has 0 fully saturated rings. The first-order valence-electron chi connectivity index (χ1n) is 14.4. The van der Waals surface area contributed by atoms with Crippen LogP contribution in [0.1, 0.15) is 52.4 Å². The van der Waals surface area contributed by atoms with Gasteiger partial charge >= 0.3 is 0 Å². The molecule has 1 atom stereocenters. The van der Waals surface area contributed by atoms with E-state index in [1.807, 2.05) is 97.9 Å². The van der Waals surface area contributed by atoms with Gasteiger partial charge in [0, 0.05) is 16.0 Å². The predicted molar refractivity (Wildman–Crippen MR) is 172 cm³/mol. The van der Waals surface area contributed by atoms with Gasteiger partial charge in [-0.2, -0.15) is 4.98 Å². The molecular formula is C36H27ClN4O3. The Morgan fingerprint density at radius 1 is 0.909 bits per heavy atom. The number of para-hydroxylation sites is 2. The molecule has 2 aromatic heterocycles. The van der Waals surface area contributed by atoms with E-state index in [0.29, 0.717) is 28.7 Å². The highest BCUT2D eigenvalue weighted by atomic mass is 35.5. The van der Waals surface area contributed by atoms with Crippen molar-refractivity contribution < 1.29 is 14.1 Å². The maximum Gasteiger partial charge on any atom is 0.257 e. The number of hydrogen-bond acceptors (Lipinski definition) is 6. The third-order valence-corrected chi connectivity index (χ3v) is 7.87. The summed E-state index contributed by atoms with van der Waals surface area (Å²) in [5, 5.41) is 8.65. The zero-order valence-electron chi connectivity index (χ0n) is 23.8. The molecule has 216 valence electrons. The number of aromatic nitrogens is 3. The summed E-state index contributed by atoms with van der Waals surface area (Å²) in [6, 6.07) is 32.1. The molecule has 0 saturated carbocycles. The van der Waals surface area contributed by atoms with Crippen molar-refractivity contribution in [3.63, 3.8) is 0 Å². The van der Waals surface area contributed by atoms with Crippen LogP contribution in [0.25, 0.3) is 34.0 Å². The second-order valence-electron chi connectivity index (χ2n) is 10.6. The van der Waals surface area contributed by atoms with E-state index in [-0.39, 0.29) is 5.91 Å². The quantitative estimate of drug-likeness (QED) is 0.198. The summed E-state index contributed by atoms with van der Waals surface area (Å²) in [6.45, 7) is 1.84. The molecule has 7 nitrogen and oxygen atoms in total. The van der Waals surface area contributed by atoms with Gasteiger partial charge in [0.05, 0.1) is 22.8 Å². The third kappa shape index (κ3) is 5.57. The molecule has 2 heterocycles. The molecule has 1 N–H and O–H groups in total. The summed E-state index contributed by atoms with van der Waals surface area (Å²) < 4.78 is 11.5. The van der Waals surface area contributed by atoms with E-state index < -0.39 is 6.04 Å². The Morgan fingerprint density at radius 3 is 2.52 bits per heavy atom. The van der Waals surface area contributed by atoms with Gasteiger partial charge in [0.1, 0.15) is 11.5 Å². The minimum absolute atomic E-state index is 0.204. The van der Waals surface area contributed by atoms with Gasteiger partial charge in [-0.05, 0) is 97.1 Å². The molecule has 0 spiro atoms. The molecule has 8 heteroatoms. The van der Waals surface area contributed by atoms with E-state index in [9.17, 15) is 4.79 Å². The average molecular weight is 599 g/mol. The molecule has 44 heavy (non-hydrogen) atoms. The first kappa shape index (κ1) is 27.6. The molecule has 1 amide bonds. The van der Waals surface area contributed by atoms with Crippen molar-refractivity contribution in [2.45, 2.75) is 25.8 Å². The predicted octanol–water partition coefficient (Wildman–Crippen LogP) is 8.71. The molecule has 4 aromatic carbocycles. The normalized spacial score (nSPS) is 14.0. The Kier molecular flexibility index (Phi) is 7.38. The highest BCUT2D eigenvalue weighted by Crippen LogP contribution is 2.38. The second-order valence-corrected chi connectivity index (χ2v) is 11.1. The maximum atomic E-state index is 13.9. The molecular weight excluding hydrogens is 572 g/mol. The third-order valence-electron chi connectivity index (χ3n) is 7.61. The van der Waals surface area contributed by atoms with E-state index in [1.165, 1.54) is 0 Å². The lowest BCUT2D eigenvalue weighted by atomic mass is 9.99. The van der Waals surface area contributed by atoms with E-state index in [4.69, 9.17) is 25.8 Å². The van der Waals surface area contributed by atoms with Crippen LogP contribution in [0.4, 0.5) is 0 Å². The van der Waals surface area contributed by atoms with Crippen molar-refractivity contribution >= 4 is 40.1 Å². The van der Waals surface area contributed by atoms with Crippen LogP contribution < -0.4 is 10.1 Å². The number of halogens is 1. The number of carbonyl (C=O) groups excluding carboxylic acids is 1. The number of amides is 1. The lowest BCUT2D eigenvalue weighted by molar-refractivity contribution is 0.0938. The summed E-state index contributed by atoms with van der Waals surface area (Å²) in [6.07, 6.45) is 3.61. The minimum atomic E-state index is -0.487. The van der Waals surface area contributed by atoms with Crippen LogP contribution in [0.5, 0.6) is 11.5 Å². The van der Waals surface area contributed by atoms with Gasteiger partial charge in [0.2, 0.25) is 0 Å². The Balaban J connectivity index is 1.18. The lowest BCUT2D eigenvalue weighted by Crippen LogP contribution is -2.28. The van der Waals surface area contributed by atoms with Crippen LogP contribution in [-0.4, -0.2) is 21.0 Å². The molecule has 0 saturated heterocycles. The van der Waals surface area contributed by atoms with Gasteiger partial charge in [0.15, 0.2) is 5.82 Å². The molecule has 1 aliphatic carbocycles. The van der Waals surface area contributed by atoms with Gasteiger partial charge < -0.3 is 14.6 Å². The number of allylic oxidation sites excluding steroid dienone is 1. The highest BCUT2D eigenvalue weighted by Gasteiger charge is 2.28. The molecule has 1 unspecified atom stereocenters. The van der Waals surface area contributed by atoms with Crippen molar-refractivity contribution in [1.82, 2.24) is 20.4 Å². The van der Waals surface area contributed by atoms with Crippen molar-refractivity contribution in [3.05, 3.63) is 136 Å². The first-order chi connectivity index (χ1) is 21.5. The molecule has 0 bridgehead atoms. The number of rotatable bonds is 7. The van der Waals surface area contributed by atoms with Crippen LogP contribution in [0.15, 0.2) is 108 Å². The number of carbonyl (C=O) groups is 1. The number of pyridine rings is 1. The smallest absolute Gasteiger partial charge is 0.257 e. The van der Waals surface area contributed by atoms with Crippen LogP contribution in [0.2, 0.25) is 5.02 Å². The minimum Gasteiger partial charge on any atom is -0.457 e. The summed E-state index contributed by atoms with van der Waals surface area (Å²) in [4.78, 5) is 23.5. The maximum absolute atomic E-state index is 13.9. The topological polar surface area (TPSA) is 90.1 Å². The number of nitrogens with one attached hydrogen (secondary N) is 1. The van der Waals surface area contributed by atoms with Gasteiger partial charge in [-0.25, -0.2) is 4.98 Å². The van der Waals surface area contributed by atoms with Crippen LogP contribution in [0.3, 0.4) is 0 Å². The van der Waals surface area contributed by atoms with Gasteiger partial charge in [-0.3, -0.25) is 4.79 Å². The number of benzene rings is 4. The number of ether oxygens (including phenoxy) is 1. The first-order valence-corrected chi connectivity index (χ1v) is 14.8. The summed E-state index contributed by atoms with van der Waals surface area (Å²) in [5.41, 5.74) is 6.01. The van der Waals surface area contributed by atoms with Gasteiger partial charge in [-0.1, -0.05) is 65.3 Å². The standard InChI is InChI=1S/C36H27ClN4O3/c1-22(34-40-36(44-41-34)24-14-17-26(37)18-15-24)38-35(42)32-29-12-5-6-13-31(29)39-33-25(16-19-30(32)33)20-23-8-7-11-28(21-23)43-27-9-3-2-4-10-27/h2-15,17-18,20-22H,16,19H2,1H3,(H,38,42)/b25-20+. The largest absolute Gasteiger partial charge is 0.457 e. The van der Waals surface area contributed by atoms with Gasteiger partial charge in [-0.15, -0.1) is 0 Å². The van der Waals surface area contributed by atoms with E-state index in [2.05, 4.69) is 21.5 Å². The zero-order valence-corrected chi connectivity index (χ0v) is 24.6. The fourth-order valence-electron chi connectivity index (χ4n) is 5.49. The summed E-state index contributed by atoms with van der Waals surface area (Å²) in [7, 11) is 0. The number of nitrogens with zero attached hydrogens (tertiary/aromatic N) is 3. The van der Waals surface area contributed by atoms with Crippen LogP contribution >= 0.6 is 11.6 Å². The Morgan fingerprint density at radius 2 is 1.68 bits per heavy atom. The summed E-state index contributed by atoms with van der Waals surface area (Å²) >= 11 is 6.01. The average Bonchev–Trinajstić information content (AvgIpc) is 3.69. The van der Waals surface area contributed by atoms with Crippen LogP contribution in [0, 0.1) is 0 Å². The lowest BCUT2D eigenvalue weighted by Gasteiger charge is -2.15.